The molecule has 2 saturated heterocycles. The molecule has 1 saturated carbocycles. The summed E-state index contributed by atoms with van der Waals surface area (Å²) in [4.78, 5) is 14.7. The molecule has 6 heteroatoms. The highest BCUT2D eigenvalue weighted by Crippen LogP contribution is 2.46. The summed E-state index contributed by atoms with van der Waals surface area (Å²) in [6.45, 7) is 2.87. The normalized spacial score (nSPS) is 24.9. The number of carbonyl (C=O) groups excluding carboxylic acids is 1. The van der Waals surface area contributed by atoms with Gasteiger partial charge in [-0.2, -0.15) is 5.26 Å². The van der Waals surface area contributed by atoms with E-state index in [-0.39, 0.29) is 23.2 Å². The first-order valence-electron chi connectivity index (χ1n) is 9.46. The number of nitriles is 1. The molecule has 0 spiro atoms. The molecule has 0 bridgehead atoms. The van der Waals surface area contributed by atoms with Crippen molar-refractivity contribution in [2.24, 2.45) is 11.8 Å². The van der Waals surface area contributed by atoms with Gasteiger partial charge in [0.1, 0.15) is 5.82 Å². The minimum absolute atomic E-state index is 0.00695. The fourth-order valence-electron chi connectivity index (χ4n) is 4.30. The third-order valence-electron chi connectivity index (χ3n) is 6.16. The predicted molar refractivity (Wildman–Crippen MR) is 95.1 cm³/mol. The van der Waals surface area contributed by atoms with E-state index in [4.69, 9.17) is 10.00 Å². The zero-order valence-electron chi connectivity index (χ0n) is 14.8. The number of amides is 1. The van der Waals surface area contributed by atoms with Crippen molar-refractivity contribution in [3.8, 4) is 6.07 Å². The Balaban J connectivity index is 1.33. The number of anilines is 1. The highest BCUT2D eigenvalue weighted by Gasteiger charge is 2.52. The van der Waals surface area contributed by atoms with Crippen molar-refractivity contribution in [3.63, 3.8) is 0 Å². The van der Waals surface area contributed by atoms with Crippen molar-refractivity contribution in [2.75, 3.05) is 31.2 Å². The lowest BCUT2D eigenvalue weighted by Gasteiger charge is -2.34. The van der Waals surface area contributed by atoms with Gasteiger partial charge in [-0.1, -0.05) is 0 Å². The molecule has 3 fully saturated rings. The number of nitrogens with zero attached hydrogens (tertiary/aromatic N) is 2. The molecule has 1 unspecified atom stereocenters. The summed E-state index contributed by atoms with van der Waals surface area (Å²) in [5, 5.41) is 12.2. The van der Waals surface area contributed by atoms with Crippen LogP contribution in [0.15, 0.2) is 18.2 Å². The van der Waals surface area contributed by atoms with Gasteiger partial charge in [-0.3, -0.25) is 4.79 Å². The second-order valence-electron chi connectivity index (χ2n) is 7.75. The first kappa shape index (κ1) is 17.3. The van der Waals surface area contributed by atoms with Gasteiger partial charge in [0, 0.05) is 37.1 Å². The predicted octanol–water partition coefficient (Wildman–Crippen LogP) is 2.60. The van der Waals surface area contributed by atoms with Crippen LogP contribution in [-0.4, -0.2) is 37.7 Å². The van der Waals surface area contributed by atoms with Crippen LogP contribution in [0.2, 0.25) is 0 Å². The van der Waals surface area contributed by atoms with Crippen molar-refractivity contribution in [2.45, 2.75) is 37.6 Å². The molecule has 0 radical (unpaired) electrons. The summed E-state index contributed by atoms with van der Waals surface area (Å²) in [6.07, 6.45) is 4.60. The van der Waals surface area contributed by atoms with E-state index in [1.165, 1.54) is 6.07 Å². The summed E-state index contributed by atoms with van der Waals surface area (Å²) in [7, 11) is 0. The van der Waals surface area contributed by atoms with E-state index in [2.05, 4.69) is 5.32 Å². The highest BCUT2D eigenvalue weighted by atomic mass is 19.1. The molecule has 138 valence electrons. The maximum Gasteiger partial charge on any atom is 0.223 e. The van der Waals surface area contributed by atoms with Crippen LogP contribution in [0.3, 0.4) is 0 Å². The van der Waals surface area contributed by atoms with Crippen LogP contribution in [0.5, 0.6) is 0 Å². The molecular formula is C20H24FN3O2. The fourth-order valence-corrected chi connectivity index (χ4v) is 4.30. The lowest BCUT2D eigenvalue weighted by atomic mass is 9.92. The van der Waals surface area contributed by atoms with E-state index in [1.54, 1.807) is 12.1 Å². The first-order chi connectivity index (χ1) is 12.6. The molecule has 2 heterocycles. The number of halogens is 1. The number of ether oxygens (including phenoxy) is 1. The Morgan fingerprint density at radius 1 is 1.31 bits per heavy atom. The van der Waals surface area contributed by atoms with E-state index < -0.39 is 0 Å². The van der Waals surface area contributed by atoms with Gasteiger partial charge in [-0.15, -0.1) is 0 Å². The molecule has 1 N–H and O–H groups in total. The molecule has 1 aliphatic carbocycles. The number of hydrogen-bond acceptors (Lipinski definition) is 4. The van der Waals surface area contributed by atoms with Gasteiger partial charge in [0.2, 0.25) is 5.91 Å². The molecule has 1 aromatic rings. The Labute approximate surface area is 153 Å². The Morgan fingerprint density at radius 3 is 2.65 bits per heavy atom. The Kier molecular flexibility index (Phi) is 4.58. The molecule has 1 aromatic carbocycles. The van der Waals surface area contributed by atoms with Crippen molar-refractivity contribution in [3.05, 3.63) is 29.6 Å². The van der Waals surface area contributed by atoms with E-state index in [0.29, 0.717) is 30.3 Å². The monoisotopic (exact) mass is 357 g/mol. The molecule has 2 aliphatic heterocycles. The van der Waals surface area contributed by atoms with Crippen molar-refractivity contribution in [1.82, 2.24) is 5.32 Å². The van der Waals surface area contributed by atoms with Gasteiger partial charge in [0.15, 0.2) is 0 Å². The van der Waals surface area contributed by atoms with E-state index >= 15 is 0 Å². The van der Waals surface area contributed by atoms with Crippen LogP contribution in [0.1, 0.15) is 37.7 Å². The molecule has 4 rings (SSSR count). The van der Waals surface area contributed by atoms with E-state index in [9.17, 15) is 9.18 Å². The second-order valence-corrected chi connectivity index (χ2v) is 7.75. The van der Waals surface area contributed by atoms with Gasteiger partial charge in [-0.05, 0) is 50.3 Å². The number of piperidine rings is 1. The summed E-state index contributed by atoms with van der Waals surface area (Å²) >= 11 is 0. The average molecular weight is 357 g/mol. The fraction of sp³-hybridized carbons (Fsp3) is 0.600. The third kappa shape index (κ3) is 3.28. The number of nitrogens with one attached hydrogen (secondary N) is 1. The number of rotatable bonds is 4. The number of benzene rings is 1. The van der Waals surface area contributed by atoms with Crippen LogP contribution >= 0.6 is 0 Å². The quantitative estimate of drug-likeness (QED) is 0.900. The average Bonchev–Trinajstić information content (AvgIpc) is 3.22. The minimum atomic E-state index is -0.370. The maximum absolute atomic E-state index is 14.2. The Bertz CT molecular complexity index is 727. The van der Waals surface area contributed by atoms with Crippen molar-refractivity contribution >= 4 is 11.6 Å². The van der Waals surface area contributed by atoms with Gasteiger partial charge >= 0.3 is 0 Å². The molecular weight excluding hydrogens is 333 g/mol. The second kappa shape index (κ2) is 6.88. The number of hydrogen-bond donors (Lipinski definition) is 1. The Morgan fingerprint density at radius 2 is 2.08 bits per heavy atom. The molecule has 3 aliphatic rings. The van der Waals surface area contributed by atoms with Crippen LogP contribution < -0.4 is 10.2 Å². The topological polar surface area (TPSA) is 65.4 Å². The zero-order chi connectivity index (χ0) is 18.1. The van der Waals surface area contributed by atoms with E-state index in [1.807, 2.05) is 11.0 Å². The van der Waals surface area contributed by atoms with Crippen molar-refractivity contribution in [1.29, 1.82) is 5.26 Å². The Hall–Kier alpha value is -2.13. The lowest BCUT2D eigenvalue weighted by Crippen LogP contribution is -2.48. The lowest BCUT2D eigenvalue weighted by molar-refractivity contribution is -0.127. The highest BCUT2D eigenvalue weighted by molar-refractivity contribution is 5.80. The molecule has 1 amide bonds. The summed E-state index contributed by atoms with van der Waals surface area (Å²) in [5.74, 6) is 0.228. The van der Waals surface area contributed by atoms with Gasteiger partial charge in [0.25, 0.3) is 0 Å². The van der Waals surface area contributed by atoms with Gasteiger partial charge < -0.3 is 15.0 Å². The van der Waals surface area contributed by atoms with Crippen molar-refractivity contribution < 1.29 is 13.9 Å². The molecule has 5 nitrogen and oxygen atoms in total. The summed E-state index contributed by atoms with van der Waals surface area (Å²) < 4.78 is 19.7. The molecule has 1 atom stereocenters. The first-order valence-corrected chi connectivity index (χ1v) is 9.46. The SMILES string of the molecule is N#Cc1ccc(N2CCC(C(=O)NC3(C4CCOC4)CC3)CC2)c(F)c1. The standard InChI is InChI=1S/C20H24FN3O2/c21-17-11-14(12-22)1-2-18(17)24-8-3-15(4-9-24)19(25)23-20(6-7-20)16-5-10-26-13-16/h1-2,11,15-16H,3-10,13H2,(H,23,25). The maximum atomic E-state index is 14.2. The smallest absolute Gasteiger partial charge is 0.223 e. The number of carbonyl (C=O) groups is 1. The van der Waals surface area contributed by atoms with Crippen LogP contribution in [-0.2, 0) is 9.53 Å². The largest absolute Gasteiger partial charge is 0.381 e. The van der Waals surface area contributed by atoms with Crippen LogP contribution in [0.25, 0.3) is 0 Å². The minimum Gasteiger partial charge on any atom is -0.381 e. The van der Waals surface area contributed by atoms with Crippen LogP contribution in [0, 0.1) is 29.0 Å². The zero-order valence-corrected chi connectivity index (χ0v) is 14.8. The molecule has 0 aromatic heterocycles. The van der Waals surface area contributed by atoms with Crippen LogP contribution in [0.4, 0.5) is 10.1 Å². The third-order valence-corrected chi connectivity index (χ3v) is 6.16. The van der Waals surface area contributed by atoms with Gasteiger partial charge in [-0.25, -0.2) is 4.39 Å². The summed E-state index contributed by atoms with van der Waals surface area (Å²) in [6, 6.07) is 6.52. The van der Waals surface area contributed by atoms with Gasteiger partial charge in [0.05, 0.1) is 23.9 Å². The molecule has 26 heavy (non-hydrogen) atoms. The van der Waals surface area contributed by atoms with E-state index in [0.717, 1.165) is 45.3 Å². The summed E-state index contributed by atoms with van der Waals surface area (Å²) in [5.41, 5.74) is 0.819.